The number of aliphatic hydroxyl groups excluding tert-OH is 1. The third-order valence-electron chi connectivity index (χ3n) is 4.72. The van der Waals surface area contributed by atoms with Gasteiger partial charge >= 0.3 is 11.9 Å². The maximum Gasteiger partial charge on any atom is 0.326 e. The molecule has 15 heteroatoms. The molecule has 0 aromatic heterocycles. The zero-order valence-corrected chi connectivity index (χ0v) is 19.9. The van der Waals surface area contributed by atoms with E-state index in [0.717, 1.165) is 0 Å². The molecule has 0 saturated heterocycles. The molecular formula is C20H37N7O8. The predicted molar refractivity (Wildman–Crippen MR) is 125 cm³/mol. The van der Waals surface area contributed by atoms with Crippen LogP contribution in [0.4, 0.5) is 0 Å². The Bertz CT molecular complexity index is 771. The second kappa shape index (κ2) is 16.2. The van der Waals surface area contributed by atoms with Crippen LogP contribution in [0.15, 0.2) is 4.99 Å². The van der Waals surface area contributed by atoms with Gasteiger partial charge in [0.1, 0.15) is 18.1 Å². The number of aliphatic hydroxyl groups is 1. The molecule has 35 heavy (non-hydrogen) atoms. The summed E-state index contributed by atoms with van der Waals surface area (Å²) in [5, 5.41) is 34.6. The molecular weight excluding hydrogens is 466 g/mol. The number of hydrogen-bond donors (Lipinski definition) is 9. The Hall–Kier alpha value is -3.46. The van der Waals surface area contributed by atoms with Crippen LogP contribution in [0.25, 0.3) is 0 Å². The second-order valence-corrected chi connectivity index (χ2v) is 8.32. The van der Waals surface area contributed by atoms with Crippen molar-refractivity contribution in [1.82, 2.24) is 16.0 Å². The third kappa shape index (κ3) is 13.7. The number of carbonyl (C=O) groups is 5. The van der Waals surface area contributed by atoms with Gasteiger partial charge in [0.2, 0.25) is 17.7 Å². The smallest absolute Gasteiger partial charge is 0.326 e. The molecule has 15 nitrogen and oxygen atoms in total. The largest absolute Gasteiger partial charge is 0.481 e. The Morgan fingerprint density at radius 3 is 1.89 bits per heavy atom. The number of carboxylic acids is 2. The van der Waals surface area contributed by atoms with E-state index in [1.165, 1.54) is 0 Å². The molecule has 4 unspecified atom stereocenters. The summed E-state index contributed by atoms with van der Waals surface area (Å²) in [6, 6.07) is -5.20. The molecule has 0 saturated carbocycles. The van der Waals surface area contributed by atoms with Gasteiger partial charge in [-0.25, -0.2) is 4.79 Å². The number of aliphatic imine (C=N–C) groups is 1. The van der Waals surface area contributed by atoms with Crippen molar-refractivity contribution in [1.29, 1.82) is 0 Å². The van der Waals surface area contributed by atoms with Crippen LogP contribution in [0.1, 0.15) is 46.0 Å². The number of amides is 3. The maximum absolute atomic E-state index is 12.7. The van der Waals surface area contributed by atoms with Gasteiger partial charge in [0.25, 0.3) is 0 Å². The normalized spacial score (nSPS) is 14.2. The first-order valence-corrected chi connectivity index (χ1v) is 11.1. The first kappa shape index (κ1) is 31.5. The van der Waals surface area contributed by atoms with E-state index in [1.54, 1.807) is 13.8 Å². The average Bonchev–Trinajstić information content (AvgIpc) is 2.75. The number of carbonyl (C=O) groups excluding carboxylic acids is 3. The minimum absolute atomic E-state index is 0.0575. The summed E-state index contributed by atoms with van der Waals surface area (Å²) in [6.45, 7) is 2.88. The van der Waals surface area contributed by atoms with Crippen LogP contribution in [0.3, 0.4) is 0 Å². The van der Waals surface area contributed by atoms with Gasteiger partial charge in [0.15, 0.2) is 5.96 Å². The van der Waals surface area contributed by atoms with Crippen molar-refractivity contribution in [3.8, 4) is 0 Å². The summed E-state index contributed by atoms with van der Waals surface area (Å²) in [5.41, 5.74) is 16.2. The standard InChI is InChI=1S/C20H37N7O8/c1-10(2)8-13(19(34)35)26-18(33)14(9-28)27-17(32)12(5-6-15(29)30)25-16(31)11(21)4-3-7-24-20(22)23/h10-14,28H,3-9,21H2,1-2H3,(H,25,31)(H,26,33)(H,27,32)(H,29,30)(H,34,35)(H4,22,23,24). The Morgan fingerprint density at radius 2 is 1.40 bits per heavy atom. The number of aliphatic carboxylic acids is 2. The lowest BCUT2D eigenvalue weighted by Crippen LogP contribution is -2.58. The van der Waals surface area contributed by atoms with Crippen LogP contribution >= 0.6 is 0 Å². The topological polar surface area (TPSA) is 273 Å². The Labute approximate surface area is 202 Å². The molecule has 0 heterocycles. The van der Waals surface area contributed by atoms with Crippen molar-refractivity contribution in [3.05, 3.63) is 0 Å². The summed E-state index contributed by atoms with van der Waals surface area (Å²) < 4.78 is 0. The Balaban J connectivity index is 5.24. The van der Waals surface area contributed by atoms with Crippen LogP contribution in [0, 0.1) is 5.92 Å². The molecule has 4 atom stereocenters. The molecule has 0 rings (SSSR count). The number of hydrogen-bond acceptors (Lipinski definition) is 8. The number of nitrogens with two attached hydrogens (primary N) is 3. The van der Waals surface area contributed by atoms with E-state index in [4.69, 9.17) is 22.3 Å². The minimum Gasteiger partial charge on any atom is -0.481 e. The zero-order valence-electron chi connectivity index (χ0n) is 19.9. The number of rotatable bonds is 17. The molecule has 0 fully saturated rings. The fourth-order valence-electron chi connectivity index (χ4n) is 2.90. The van der Waals surface area contributed by atoms with Crippen molar-refractivity contribution >= 4 is 35.6 Å². The van der Waals surface area contributed by atoms with Gasteiger partial charge in [0, 0.05) is 13.0 Å². The summed E-state index contributed by atoms with van der Waals surface area (Å²) in [6.07, 6.45) is -0.149. The van der Waals surface area contributed by atoms with E-state index in [9.17, 15) is 34.2 Å². The lowest BCUT2D eigenvalue weighted by atomic mass is 10.0. The van der Waals surface area contributed by atoms with Gasteiger partial charge in [-0.1, -0.05) is 13.8 Å². The summed E-state index contributed by atoms with van der Waals surface area (Å²) in [4.78, 5) is 63.7. The van der Waals surface area contributed by atoms with Crippen LogP contribution in [0.5, 0.6) is 0 Å². The van der Waals surface area contributed by atoms with E-state index in [2.05, 4.69) is 20.9 Å². The van der Waals surface area contributed by atoms with Gasteiger partial charge < -0.3 is 48.5 Å². The van der Waals surface area contributed by atoms with E-state index in [0.29, 0.717) is 6.42 Å². The maximum atomic E-state index is 12.7. The highest BCUT2D eigenvalue weighted by Crippen LogP contribution is 2.06. The second-order valence-electron chi connectivity index (χ2n) is 8.32. The third-order valence-corrected chi connectivity index (χ3v) is 4.72. The first-order chi connectivity index (χ1) is 16.3. The highest BCUT2D eigenvalue weighted by molar-refractivity contribution is 5.94. The van der Waals surface area contributed by atoms with Crippen LogP contribution in [-0.2, 0) is 24.0 Å². The molecule has 0 aromatic rings. The van der Waals surface area contributed by atoms with E-state index in [1.807, 2.05) is 0 Å². The van der Waals surface area contributed by atoms with E-state index < -0.39 is 66.9 Å². The minimum atomic E-state index is -1.53. The lowest BCUT2D eigenvalue weighted by molar-refractivity contribution is -0.143. The van der Waals surface area contributed by atoms with Crippen LogP contribution in [0.2, 0.25) is 0 Å². The fraction of sp³-hybridized carbons (Fsp3) is 0.700. The van der Waals surface area contributed by atoms with Gasteiger partial charge in [-0.2, -0.15) is 0 Å². The monoisotopic (exact) mass is 503 g/mol. The highest BCUT2D eigenvalue weighted by Gasteiger charge is 2.30. The first-order valence-electron chi connectivity index (χ1n) is 11.1. The quantitative estimate of drug-likeness (QED) is 0.0541. The molecule has 0 aliphatic carbocycles. The average molecular weight is 504 g/mol. The van der Waals surface area contributed by atoms with Crippen molar-refractivity contribution in [2.75, 3.05) is 13.2 Å². The summed E-state index contributed by atoms with van der Waals surface area (Å²) in [5.74, 6) is -5.32. The van der Waals surface area contributed by atoms with E-state index >= 15 is 0 Å². The molecule has 3 amide bonds. The van der Waals surface area contributed by atoms with Gasteiger partial charge in [-0.05, 0) is 31.6 Å². The zero-order chi connectivity index (χ0) is 27.1. The summed E-state index contributed by atoms with van der Waals surface area (Å²) in [7, 11) is 0. The van der Waals surface area contributed by atoms with Crippen molar-refractivity contribution in [2.45, 2.75) is 70.1 Å². The molecule has 200 valence electrons. The van der Waals surface area contributed by atoms with Crippen molar-refractivity contribution in [3.63, 3.8) is 0 Å². The SMILES string of the molecule is CC(C)CC(NC(=O)C(CO)NC(=O)C(CCC(=O)O)NC(=O)C(N)CCCN=C(N)N)C(=O)O. The van der Waals surface area contributed by atoms with Crippen molar-refractivity contribution in [2.24, 2.45) is 28.1 Å². The highest BCUT2D eigenvalue weighted by atomic mass is 16.4. The Morgan fingerprint density at radius 1 is 0.857 bits per heavy atom. The lowest BCUT2D eigenvalue weighted by Gasteiger charge is -2.24. The van der Waals surface area contributed by atoms with Gasteiger partial charge in [-0.15, -0.1) is 0 Å². The van der Waals surface area contributed by atoms with Crippen molar-refractivity contribution < 1.29 is 39.3 Å². The molecule has 0 aliphatic rings. The van der Waals surface area contributed by atoms with Gasteiger partial charge in [0.05, 0.1) is 12.6 Å². The molecule has 0 radical (unpaired) electrons. The van der Waals surface area contributed by atoms with E-state index in [-0.39, 0.29) is 37.7 Å². The summed E-state index contributed by atoms with van der Waals surface area (Å²) >= 11 is 0. The number of carboxylic acid groups (broad SMARTS) is 2. The van der Waals surface area contributed by atoms with Gasteiger partial charge in [-0.3, -0.25) is 24.2 Å². The molecule has 0 bridgehead atoms. The number of nitrogens with zero attached hydrogens (tertiary/aromatic N) is 1. The predicted octanol–water partition coefficient (Wildman–Crippen LogP) is -3.19. The van der Waals surface area contributed by atoms with Crippen LogP contribution < -0.4 is 33.2 Å². The number of guanidine groups is 1. The Kier molecular flexibility index (Phi) is 14.6. The molecule has 0 aliphatic heterocycles. The fourth-order valence-corrected chi connectivity index (χ4v) is 2.90. The van der Waals surface area contributed by atoms with Crippen LogP contribution in [-0.4, -0.2) is 88.3 Å². The molecule has 0 aromatic carbocycles. The molecule has 0 spiro atoms. The number of nitrogens with one attached hydrogen (secondary N) is 3. The molecule has 12 N–H and O–H groups in total.